The fourth-order valence-corrected chi connectivity index (χ4v) is 2.70. The maximum absolute atomic E-state index is 12.3. The number of hydrogen-bond acceptors (Lipinski definition) is 4. The number of carbonyl (C=O) groups excluding carboxylic acids is 1. The van der Waals surface area contributed by atoms with Crippen molar-refractivity contribution in [1.29, 1.82) is 0 Å². The zero-order valence-corrected chi connectivity index (χ0v) is 15.3. The van der Waals surface area contributed by atoms with E-state index in [9.17, 15) is 13.2 Å². The molecule has 6 nitrogen and oxygen atoms in total. The van der Waals surface area contributed by atoms with Crippen molar-refractivity contribution in [3.63, 3.8) is 0 Å². The highest BCUT2D eigenvalue weighted by molar-refractivity contribution is 7.92. The highest BCUT2D eigenvalue weighted by Gasteiger charge is 2.12. The summed E-state index contributed by atoms with van der Waals surface area (Å²) >= 11 is 0. The van der Waals surface area contributed by atoms with Crippen LogP contribution in [0.15, 0.2) is 48.5 Å². The summed E-state index contributed by atoms with van der Waals surface area (Å²) < 4.78 is 30.5. The molecule has 0 bridgehead atoms. The number of nitrogens with one attached hydrogen (secondary N) is 2. The lowest BCUT2D eigenvalue weighted by Gasteiger charge is -2.15. The molecular formula is C18H22N2O4S. The number of amides is 1. The molecule has 0 radical (unpaired) electrons. The molecule has 0 saturated carbocycles. The second-order valence-corrected chi connectivity index (χ2v) is 7.70. The fourth-order valence-electron chi connectivity index (χ4n) is 2.14. The van der Waals surface area contributed by atoms with E-state index in [0.29, 0.717) is 17.9 Å². The first-order valence-corrected chi connectivity index (χ1v) is 9.70. The number of ether oxygens (including phenoxy) is 1. The van der Waals surface area contributed by atoms with Gasteiger partial charge in [-0.1, -0.05) is 23.8 Å². The fraction of sp³-hybridized carbons (Fsp3) is 0.278. The molecule has 1 amide bonds. The molecule has 0 unspecified atom stereocenters. The maximum Gasteiger partial charge on any atom is 0.251 e. The van der Waals surface area contributed by atoms with E-state index in [1.807, 2.05) is 38.1 Å². The summed E-state index contributed by atoms with van der Waals surface area (Å²) in [5.74, 6) is 0.447. The zero-order chi connectivity index (χ0) is 18.4. The lowest BCUT2D eigenvalue weighted by atomic mass is 10.2. The van der Waals surface area contributed by atoms with Crippen LogP contribution in [0.3, 0.4) is 0 Å². The Bertz CT molecular complexity index is 832. The van der Waals surface area contributed by atoms with Crippen molar-refractivity contribution in [1.82, 2.24) is 5.32 Å². The zero-order valence-electron chi connectivity index (χ0n) is 14.4. The average molecular weight is 362 g/mol. The average Bonchev–Trinajstić information content (AvgIpc) is 2.53. The van der Waals surface area contributed by atoms with E-state index in [4.69, 9.17) is 4.74 Å². The molecule has 0 aliphatic rings. The summed E-state index contributed by atoms with van der Waals surface area (Å²) in [6.45, 7) is 4.17. The molecule has 25 heavy (non-hydrogen) atoms. The van der Waals surface area contributed by atoms with Gasteiger partial charge in [0, 0.05) is 11.3 Å². The predicted molar refractivity (Wildman–Crippen MR) is 98.5 cm³/mol. The smallest absolute Gasteiger partial charge is 0.251 e. The minimum atomic E-state index is -3.39. The van der Waals surface area contributed by atoms with Gasteiger partial charge in [-0.25, -0.2) is 8.42 Å². The first-order chi connectivity index (χ1) is 11.7. The van der Waals surface area contributed by atoms with Gasteiger partial charge in [0.15, 0.2) is 0 Å². The third-order valence-corrected chi connectivity index (χ3v) is 3.93. The number of rotatable bonds is 7. The van der Waals surface area contributed by atoms with Crippen molar-refractivity contribution >= 4 is 21.6 Å². The van der Waals surface area contributed by atoms with Gasteiger partial charge in [-0.15, -0.1) is 0 Å². The van der Waals surface area contributed by atoms with Crippen LogP contribution < -0.4 is 14.8 Å². The molecule has 134 valence electrons. The molecule has 0 fully saturated rings. The molecule has 1 atom stereocenters. The molecule has 0 aromatic heterocycles. The minimum Gasteiger partial charge on any atom is -0.491 e. The second-order valence-electron chi connectivity index (χ2n) is 5.95. The van der Waals surface area contributed by atoms with Crippen LogP contribution in [0.5, 0.6) is 5.75 Å². The Hall–Kier alpha value is -2.54. The molecule has 2 aromatic rings. The van der Waals surface area contributed by atoms with Crippen molar-refractivity contribution in [2.75, 3.05) is 17.6 Å². The van der Waals surface area contributed by atoms with Crippen molar-refractivity contribution in [3.05, 3.63) is 59.7 Å². The van der Waals surface area contributed by atoms with Crippen molar-refractivity contribution in [2.24, 2.45) is 0 Å². The van der Waals surface area contributed by atoms with Gasteiger partial charge in [0.2, 0.25) is 10.0 Å². The lowest BCUT2D eigenvalue weighted by molar-refractivity contribution is 0.0926. The molecule has 0 aliphatic carbocycles. The van der Waals surface area contributed by atoms with Gasteiger partial charge in [0.25, 0.3) is 5.91 Å². The molecule has 7 heteroatoms. The van der Waals surface area contributed by atoms with Crippen LogP contribution >= 0.6 is 0 Å². The van der Waals surface area contributed by atoms with Gasteiger partial charge >= 0.3 is 0 Å². The van der Waals surface area contributed by atoms with Crippen LogP contribution in [-0.2, 0) is 10.0 Å². The van der Waals surface area contributed by atoms with Crippen molar-refractivity contribution in [2.45, 2.75) is 19.9 Å². The molecule has 0 spiro atoms. The third kappa shape index (κ3) is 6.46. The van der Waals surface area contributed by atoms with Crippen molar-refractivity contribution < 1.29 is 17.9 Å². The standard InChI is InChI=1S/C18H22N2O4S/c1-13-7-9-17(10-8-13)24-12-14(2)19-18(21)15-5-4-6-16(11-15)20-25(3,22)23/h4-11,14,20H,12H2,1-3H3,(H,19,21)/t14-/m0/s1. The Morgan fingerprint density at radius 1 is 1.16 bits per heavy atom. The topological polar surface area (TPSA) is 84.5 Å². The Morgan fingerprint density at radius 3 is 2.48 bits per heavy atom. The Labute approximate surface area is 148 Å². The highest BCUT2D eigenvalue weighted by Crippen LogP contribution is 2.13. The van der Waals surface area contributed by atoms with E-state index < -0.39 is 10.0 Å². The van der Waals surface area contributed by atoms with Gasteiger partial charge in [0.1, 0.15) is 12.4 Å². The molecule has 2 rings (SSSR count). The van der Waals surface area contributed by atoms with Crippen LogP contribution in [0, 0.1) is 6.92 Å². The highest BCUT2D eigenvalue weighted by atomic mass is 32.2. The Kier molecular flexibility index (Phi) is 6.03. The first-order valence-electron chi connectivity index (χ1n) is 7.81. The van der Waals surface area contributed by atoms with Gasteiger partial charge in [-0.05, 0) is 44.2 Å². The number of carbonyl (C=O) groups is 1. The van der Waals surface area contributed by atoms with Gasteiger partial charge in [-0.2, -0.15) is 0 Å². The number of hydrogen-bond donors (Lipinski definition) is 2. The summed E-state index contributed by atoms with van der Waals surface area (Å²) in [7, 11) is -3.39. The molecule has 0 aliphatic heterocycles. The van der Waals surface area contributed by atoms with Crippen LogP contribution in [-0.4, -0.2) is 33.2 Å². The number of benzene rings is 2. The molecule has 0 heterocycles. The summed E-state index contributed by atoms with van der Waals surface area (Å²) in [4.78, 5) is 12.3. The molecule has 0 saturated heterocycles. The first kappa shape index (κ1) is 18.8. The van der Waals surface area contributed by atoms with Gasteiger partial charge < -0.3 is 10.1 Å². The quantitative estimate of drug-likeness (QED) is 0.793. The third-order valence-electron chi connectivity index (χ3n) is 3.33. The van der Waals surface area contributed by atoms with E-state index in [2.05, 4.69) is 10.0 Å². The summed E-state index contributed by atoms with van der Waals surface area (Å²) in [6.07, 6.45) is 1.06. The van der Waals surface area contributed by atoms with E-state index >= 15 is 0 Å². The number of anilines is 1. The summed E-state index contributed by atoms with van der Waals surface area (Å²) in [5.41, 5.74) is 1.87. The minimum absolute atomic E-state index is 0.208. The normalized spacial score (nSPS) is 12.3. The van der Waals surface area contributed by atoms with Gasteiger partial charge in [-0.3, -0.25) is 9.52 Å². The molecule has 2 aromatic carbocycles. The SMILES string of the molecule is Cc1ccc(OC[C@H](C)NC(=O)c2cccc(NS(C)(=O)=O)c2)cc1. The molecular weight excluding hydrogens is 340 g/mol. The van der Waals surface area contributed by atoms with E-state index in [1.165, 1.54) is 6.07 Å². The largest absolute Gasteiger partial charge is 0.491 e. The van der Waals surface area contributed by atoms with Crippen LogP contribution in [0.1, 0.15) is 22.8 Å². The number of aryl methyl sites for hydroxylation is 1. The summed E-state index contributed by atoms with van der Waals surface area (Å²) in [6, 6.07) is 13.8. The predicted octanol–water partition coefficient (Wildman–Crippen LogP) is 2.56. The second kappa shape index (κ2) is 8.02. The Balaban J connectivity index is 1.92. The van der Waals surface area contributed by atoms with E-state index in [1.54, 1.807) is 18.2 Å². The molecule has 2 N–H and O–H groups in total. The van der Waals surface area contributed by atoms with Crippen LogP contribution in [0.25, 0.3) is 0 Å². The van der Waals surface area contributed by atoms with Gasteiger partial charge in [0.05, 0.1) is 12.3 Å². The van der Waals surface area contributed by atoms with Crippen LogP contribution in [0.4, 0.5) is 5.69 Å². The summed E-state index contributed by atoms with van der Waals surface area (Å²) in [5, 5.41) is 2.83. The monoisotopic (exact) mass is 362 g/mol. The Morgan fingerprint density at radius 2 is 1.84 bits per heavy atom. The van der Waals surface area contributed by atoms with Crippen molar-refractivity contribution in [3.8, 4) is 5.75 Å². The number of sulfonamides is 1. The lowest BCUT2D eigenvalue weighted by Crippen LogP contribution is -2.36. The maximum atomic E-state index is 12.3. The van der Waals surface area contributed by atoms with Crippen LogP contribution in [0.2, 0.25) is 0 Å². The van der Waals surface area contributed by atoms with E-state index in [0.717, 1.165) is 17.6 Å². The van der Waals surface area contributed by atoms with E-state index in [-0.39, 0.29) is 11.9 Å².